The minimum atomic E-state index is 0.187. The van der Waals surface area contributed by atoms with Gasteiger partial charge in [-0.1, -0.05) is 30.3 Å². The second-order valence-electron chi connectivity index (χ2n) is 6.44. The van der Waals surface area contributed by atoms with Crippen LogP contribution in [0.2, 0.25) is 0 Å². The van der Waals surface area contributed by atoms with Crippen molar-refractivity contribution in [2.24, 2.45) is 0 Å². The highest BCUT2D eigenvalue weighted by molar-refractivity contribution is 5.75. The van der Waals surface area contributed by atoms with Crippen molar-refractivity contribution in [3.8, 4) is 11.3 Å². The number of aryl methyl sites for hydroxylation is 2. The van der Waals surface area contributed by atoms with Gasteiger partial charge in [0.2, 0.25) is 5.91 Å². The van der Waals surface area contributed by atoms with Crippen molar-refractivity contribution in [3.63, 3.8) is 0 Å². The summed E-state index contributed by atoms with van der Waals surface area (Å²) in [7, 11) is 1.87. The number of hydrogen-bond donors (Lipinski definition) is 1. The Hall–Kier alpha value is -2.89. The van der Waals surface area contributed by atoms with Crippen LogP contribution in [0.1, 0.15) is 25.0 Å². The maximum absolute atomic E-state index is 12.2. The number of benzene rings is 1. The summed E-state index contributed by atoms with van der Waals surface area (Å²) in [6, 6.07) is 14.1. The summed E-state index contributed by atoms with van der Waals surface area (Å²) < 4.78 is 1.86. The Balaban J connectivity index is 1.37. The SMILES string of the molecule is CN(CCCc1cc(-c2ccccc2)n[nH]1)C(=O)CCCn1cccn1. The molecule has 0 fully saturated rings. The van der Waals surface area contributed by atoms with Crippen LogP contribution in [0.4, 0.5) is 0 Å². The first-order chi connectivity index (χ1) is 12.7. The van der Waals surface area contributed by atoms with Crippen molar-refractivity contribution < 1.29 is 4.79 Å². The van der Waals surface area contributed by atoms with E-state index in [1.807, 2.05) is 47.1 Å². The van der Waals surface area contributed by atoms with Crippen LogP contribution in [0, 0.1) is 0 Å². The average Bonchev–Trinajstić information content (AvgIpc) is 3.34. The van der Waals surface area contributed by atoms with E-state index in [4.69, 9.17) is 0 Å². The van der Waals surface area contributed by atoms with Gasteiger partial charge in [0.05, 0.1) is 5.69 Å². The molecule has 3 aromatic rings. The van der Waals surface area contributed by atoms with Crippen LogP contribution in [0.25, 0.3) is 11.3 Å². The largest absolute Gasteiger partial charge is 0.346 e. The molecular formula is C20H25N5O. The van der Waals surface area contributed by atoms with E-state index < -0.39 is 0 Å². The molecule has 0 aliphatic heterocycles. The standard InChI is InChI=1S/C20H25N5O/c1-24(20(26)11-6-14-25-15-7-12-21-25)13-5-10-18-16-19(23-22-18)17-8-3-2-4-9-17/h2-4,7-9,12,15-16H,5-6,10-11,13-14H2,1H3,(H,22,23). The lowest BCUT2D eigenvalue weighted by molar-refractivity contribution is -0.130. The molecule has 0 aliphatic carbocycles. The molecule has 0 unspecified atom stereocenters. The molecule has 0 saturated heterocycles. The second kappa shape index (κ2) is 8.99. The minimum absolute atomic E-state index is 0.187. The van der Waals surface area contributed by atoms with E-state index in [-0.39, 0.29) is 5.91 Å². The lowest BCUT2D eigenvalue weighted by Gasteiger charge is -2.16. The first-order valence-corrected chi connectivity index (χ1v) is 9.03. The molecular weight excluding hydrogens is 326 g/mol. The average molecular weight is 351 g/mol. The van der Waals surface area contributed by atoms with Crippen LogP contribution < -0.4 is 0 Å². The van der Waals surface area contributed by atoms with Gasteiger partial charge in [-0.2, -0.15) is 10.2 Å². The molecule has 1 N–H and O–H groups in total. The Bertz CT molecular complexity index is 795. The number of rotatable bonds is 9. The summed E-state index contributed by atoms with van der Waals surface area (Å²) in [5.41, 5.74) is 3.17. The molecule has 136 valence electrons. The van der Waals surface area contributed by atoms with Crippen molar-refractivity contribution in [2.75, 3.05) is 13.6 Å². The summed E-state index contributed by atoms with van der Waals surface area (Å²) >= 11 is 0. The summed E-state index contributed by atoms with van der Waals surface area (Å²) in [6.45, 7) is 1.53. The highest BCUT2D eigenvalue weighted by Crippen LogP contribution is 2.17. The third kappa shape index (κ3) is 5.05. The Morgan fingerprint density at radius 3 is 2.81 bits per heavy atom. The predicted octanol–water partition coefficient (Wildman–Crippen LogP) is 3.14. The van der Waals surface area contributed by atoms with E-state index in [9.17, 15) is 4.79 Å². The predicted molar refractivity (Wildman–Crippen MR) is 101 cm³/mol. The highest BCUT2D eigenvalue weighted by Gasteiger charge is 2.09. The molecule has 0 saturated carbocycles. The molecule has 6 heteroatoms. The van der Waals surface area contributed by atoms with Gasteiger partial charge in [0.15, 0.2) is 0 Å². The first-order valence-electron chi connectivity index (χ1n) is 9.03. The van der Waals surface area contributed by atoms with Gasteiger partial charge in [-0.25, -0.2) is 0 Å². The molecule has 26 heavy (non-hydrogen) atoms. The van der Waals surface area contributed by atoms with Gasteiger partial charge in [-0.05, 0) is 31.4 Å². The molecule has 0 atom stereocenters. The van der Waals surface area contributed by atoms with Gasteiger partial charge in [0.25, 0.3) is 0 Å². The molecule has 1 aromatic carbocycles. The lowest BCUT2D eigenvalue weighted by atomic mass is 10.1. The van der Waals surface area contributed by atoms with Gasteiger partial charge in [-0.15, -0.1) is 0 Å². The Kier molecular flexibility index (Phi) is 6.19. The third-order valence-electron chi connectivity index (χ3n) is 4.40. The van der Waals surface area contributed by atoms with Crippen molar-refractivity contribution in [1.29, 1.82) is 0 Å². The number of carbonyl (C=O) groups excluding carboxylic acids is 1. The summed E-state index contributed by atoms with van der Waals surface area (Å²) in [5, 5.41) is 11.6. The molecule has 0 spiro atoms. The summed E-state index contributed by atoms with van der Waals surface area (Å²) in [4.78, 5) is 14.0. The fraction of sp³-hybridized carbons (Fsp3) is 0.350. The zero-order valence-corrected chi connectivity index (χ0v) is 15.1. The maximum Gasteiger partial charge on any atom is 0.222 e. The van der Waals surface area contributed by atoms with Gasteiger partial charge in [0.1, 0.15) is 0 Å². The Morgan fingerprint density at radius 1 is 1.19 bits per heavy atom. The number of H-pyrrole nitrogens is 1. The zero-order valence-electron chi connectivity index (χ0n) is 15.1. The lowest BCUT2D eigenvalue weighted by Crippen LogP contribution is -2.28. The number of nitrogens with zero attached hydrogens (tertiary/aromatic N) is 4. The maximum atomic E-state index is 12.2. The van der Waals surface area contributed by atoms with Gasteiger partial charge in [0, 0.05) is 50.2 Å². The first kappa shape index (κ1) is 17.9. The van der Waals surface area contributed by atoms with E-state index in [1.165, 1.54) is 0 Å². The van der Waals surface area contributed by atoms with E-state index >= 15 is 0 Å². The fourth-order valence-electron chi connectivity index (χ4n) is 2.89. The van der Waals surface area contributed by atoms with Crippen molar-refractivity contribution in [1.82, 2.24) is 24.9 Å². The van der Waals surface area contributed by atoms with E-state index in [1.54, 1.807) is 6.20 Å². The van der Waals surface area contributed by atoms with E-state index in [0.29, 0.717) is 6.42 Å². The quantitative estimate of drug-likeness (QED) is 0.644. The molecule has 1 amide bonds. The fourth-order valence-corrected chi connectivity index (χ4v) is 2.89. The molecule has 3 rings (SSSR count). The zero-order chi connectivity index (χ0) is 18.2. The van der Waals surface area contributed by atoms with Gasteiger partial charge >= 0.3 is 0 Å². The van der Waals surface area contributed by atoms with Crippen molar-refractivity contribution >= 4 is 5.91 Å². The number of aromatic nitrogens is 4. The van der Waals surface area contributed by atoms with Crippen LogP contribution in [0.3, 0.4) is 0 Å². The summed E-state index contributed by atoms with van der Waals surface area (Å²) in [5.74, 6) is 0.187. The smallest absolute Gasteiger partial charge is 0.222 e. The molecule has 0 aliphatic rings. The van der Waals surface area contributed by atoms with Crippen molar-refractivity contribution in [2.45, 2.75) is 32.2 Å². The second-order valence-corrected chi connectivity index (χ2v) is 6.44. The van der Waals surface area contributed by atoms with Crippen LogP contribution in [0.15, 0.2) is 54.9 Å². The number of aromatic amines is 1. The van der Waals surface area contributed by atoms with Gasteiger partial charge < -0.3 is 4.90 Å². The Morgan fingerprint density at radius 2 is 2.04 bits per heavy atom. The molecule has 2 heterocycles. The highest BCUT2D eigenvalue weighted by atomic mass is 16.2. The minimum Gasteiger partial charge on any atom is -0.346 e. The number of hydrogen-bond acceptors (Lipinski definition) is 3. The summed E-state index contributed by atoms with van der Waals surface area (Å²) in [6.07, 6.45) is 6.84. The number of amides is 1. The van der Waals surface area contributed by atoms with Crippen molar-refractivity contribution in [3.05, 3.63) is 60.6 Å². The number of nitrogens with one attached hydrogen (secondary N) is 1. The topological polar surface area (TPSA) is 66.8 Å². The molecule has 6 nitrogen and oxygen atoms in total. The third-order valence-corrected chi connectivity index (χ3v) is 4.40. The van der Waals surface area contributed by atoms with Crippen LogP contribution >= 0.6 is 0 Å². The van der Waals surface area contributed by atoms with Crippen LogP contribution in [0.5, 0.6) is 0 Å². The molecule has 2 aromatic heterocycles. The van der Waals surface area contributed by atoms with E-state index in [2.05, 4.69) is 33.5 Å². The van der Waals surface area contributed by atoms with Gasteiger partial charge in [-0.3, -0.25) is 14.6 Å². The van der Waals surface area contributed by atoms with Crippen LogP contribution in [-0.2, 0) is 17.8 Å². The number of carbonyl (C=O) groups is 1. The molecule has 0 radical (unpaired) electrons. The molecule has 0 bridgehead atoms. The van der Waals surface area contributed by atoms with E-state index in [0.717, 1.165) is 49.3 Å². The normalized spacial score (nSPS) is 10.8. The monoisotopic (exact) mass is 351 g/mol. The Labute approximate surface area is 153 Å². The van der Waals surface area contributed by atoms with Crippen LogP contribution in [-0.4, -0.2) is 44.4 Å².